The second-order valence-electron chi connectivity index (χ2n) is 5.13. The summed E-state index contributed by atoms with van der Waals surface area (Å²) in [6.07, 6.45) is 0. The SMILES string of the molecule is Nc1nc(N)c2cc(CNC(=O)c3ccc(Cl)c(Cl)c3)ccc2n1. The average Bonchev–Trinajstić information content (AvgIpc) is 2.55. The van der Waals surface area contributed by atoms with Gasteiger partial charge >= 0.3 is 0 Å². The molecule has 1 amide bonds. The molecule has 8 heteroatoms. The van der Waals surface area contributed by atoms with E-state index in [1.54, 1.807) is 18.2 Å². The molecule has 122 valence electrons. The normalized spacial score (nSPS) is 10.8. The largest absolute Gasteiger partial charge is 0.383 e. The van der Waals surface area contributed by atoms with Gasteiger partial charge in [-0.2, -0.15) is 4.98 Å². The van der Waals surface area contributed by atoms with Crippen LogP contribution in [0.3, 0.4) is 0 Å². The molecule has 0 aliphatic rings. The number of nitrogen functional groups attached to an aromatic ring is 2. The lowest BCUT2D eigenvalue weighted by Gasteiger charge is -2.08. The number of aromatic nitrogens is 2. The molecule has 0 saturated carbocycles. The molecule has 0 fully saturated rings. The third-order valence-corrected chi connectivity index (χ3v) is 4.18. The standard InChI is InChI=1S/C16H13Cl2N5O/c17-11-3-2-9(6-12(11)18)15(24)21-7-8-1-4-13-10(5-8)14(19)23-16(20)22-13/h1-6H,7H2,(H,21,24)(H4,19,20,22,23). The molecule has 6 nitrogen and oxygen atoms in total. The van der Waals surface area contributed by atoms with Gasteiger partial charge in [-0.25, -0.2) is 4.98 Å². The maximum absolute atomic E-state index is 12.2. The number of nitrogens with one attached hydrogen (secondary N) is 1. The smallest absolute Gasteiger partial charge is 0.251 e. The lowest BCUT2D eigenvalue weighted by Crippen LogP contribution is -2.22. The van der Waals surface area contributed by atoms with E-state index in [-0.39, 0.29) is 11.9 Å². The molecular weight excluding hydrogens is 349 g/mol. The number of fused-ring (bicyclic) bond motifs is 1. The highest BCUT2D eigenvalue weighted by atomic mass is 35.5. The zero-order valence-electron chi connectivity index (χ0n) is 12.4. The van der Waals surface area contributed by atoms with E-state index < -0.39 is 0 Å². The van der Waals surface area contributed by atoms with Crippen molar-refractivity contribution in [2.24, 2.45) is 0 Å². The van der Waals surface area contributed by atoms with Gasteiger partial charge in [0.25, 0.3) is 5.91 Å². The van der Waals surface area contributed by atoms with E-state index in [4.69, 9.17) is 34.7 Å². The maximum atomic E-state index is 12.2. The van der Waals surface area contributed by atoms with Gasteiger partial charge in [0.2, 0.25) is 5.95 Å². The number of rotatable bonds is 3. The fourth-order valence-corrected chi connectivity index (χ4v) is 2.55. The molecule has 0 aliphatic carbocycles. The van der Waals surface area contributed by atoms with Crippen LogP contribution in [0.5, 0.6) is 0 Å². The summed E-state index contributed by atoms with van der Waals surface area (Å²) in [6.45, 7) is 0.318. The third-order valence-electron chi connectivity index (χ3n) is 3.44. The average molecular weight is 362 g/mol. The molecule has 2 aromatic carbocycles. The minimum atomic E-state index is -0.254. The van der Waals surface area contributed by atoms with Gasteiger partial charge in [-0.3, -0.25) is 4.79 Å². The summed E-state index contributed by atoms with van der Waals surface area (Å²) in [4.78, 5) is 20.2. The van der Waals surface area contributed by atoms with E-state index in [2.05, 4.69) is 15.3 Å². The van der Waals surface area contributed by atoms with Crippen LogP contribution in [0, 0.1) is 0 Å². The Kier molecular flexibility index (Phi) is 4.42. The van der Waals surface area contributed by atoms with E-state index in [0.717, 1.165) is 5.56 Å². The zero-order valence-corrected chi connectivity index (χ0v) is 13.9. The minimum absolute atomic E-state index is 0.126. The van der Waals surface area contributed by atoms with Crippen molar-refractivity contribution in [2.75, 3.05) is 11.5 Å². The van der Waals surface area contributed by atoms with Crippen LogP contribution in [0.1, 0.15) is 15.9 Å². The highest BCUT2D eigenvalue weighted by Crippen LogP contribution is 2.23. The van der Waals surface area contributed by atoms with Crippen LogP contribution in [0.25, 0.3) is 10.9 Å². The van der Waals surface area contributed by atoms with Crippen molar-refractivity contribution < 1.29 is 4.79 Å². The molecule has 0 saturated heterocycles. The first-order valence-corrected chi connectivity index (χ1v) is 7.74. The van der Waals surface area contributed by atoms with Crippen molar-refractivity contribution in [1.82, 2.24) is 15.3 Å². The van der Waals surface area contributed by atoms with Crippen LogP contribution in [0.2, 0.25) is 10.0 Å². The molecule has 0 bridgehead atoms. The highest BCUT2D eigenvalue weighted by molar-refractivity contribution is 6.42. The number of hydrogen-bond donors (Lipinski definition) is 3. The van der Waals surface area contributed by atoms with E-state index in [1.165, 1.54) is 6.07 Å². The summed E-state index contributed by atoms with van der Waals surface area (Å²) in [5, 5.41) is 4.23. The minimum Gasteiger partial charge on any atom is -0.383 e. The monoisotopic (exact) mass is 361 g/mol. The number of benzene rings is 2. The summed E-state index contributed by atoms with van der Waals surface area (Å²) in [6, 6.07) is 10.1. The molecule has 1 aromatic heterocycles. The van der Waals surface area contributed by atoms with Crippen LogP contribution in [0.4, 0.5) is 11.8 Å². The number of nitrogens with zero attached hydrogens (tertiary/aromatic N) is 2. The molecule has 0 radical (unpaired) electrons. The summed E-state index contributed by atoms with van der Waals surface area (Å²) in [5.74, 6) is 0.172. The van der Waals surface area contributed by atoms with Crippen LogP contribution < -0.4 is 16.8 Å². The lowest BCUT2D eigenvalue weighted by atomic mass is 10.1. The summed E-state index contributed by atoms with van der Waals surface area (Å²) in [5.41, 5.74) is 13.4. The first-order chi connectivity index (χ1) is 11.4. The Morgan fingerprint density at radius 1 is 1.04 bits per heavy atom. The predicted octanol–water partition coefficient (Wildman–Crippen LogP) is 3.03. The lowest BCUT2D eigenvalue weighted by molar-refractivity contribution is 0.0951. The Labute approximate surface area is 147 Å². The number of carbonyl (C=O) groups is 1. The van der Waals surface area contributed by atoms with Crippen molar-refractivity contribution in [3.63, 3.8) is 0 Å². The number of anilines is 2. The molecule has 24 heavy (non-hydrogen) atoms. The molecule has 1 heterocycles. The predicted molar refractivity (Wildman–Crippen MR) is 96.0 cm³/mol. The Morgan fingerprint density at radius 2 is 1.83 bits per heavy atom. The molecular formula is C16H13Cl2N5O. The van der Waals surface area contributed by atoms with E-state index in [1.807, 2.05) is 12.1 Å². The molecule has 0 spiro atoms. The number of nitrogens with two attached hydrogens (primary N) is 2. The van der Waals surface area contributed by atoms with E-state index in [9.17, 15) is 4.79 Å². The maximum Gasteiger partial charge on any atom is 0.251 e. The van der Waals surface area contributed by atoms with Crippen molar-refractivity contribution >= 4 is 51.8 Å². The molecule has 3 aromatic rings. The van der Waals surface area contributed by atoms with Crippen molar-refractivity contribution in [1.29, 1.82) is 0 Å². The number of hydrogen-bond acceptors (Lipinski definition) is 5. The third kappa shape index (κ3) is 3.34. The Hall–Kier alpha value is -2.57. The first kappa shape index (κ1) is 16.3. The number of halogens is 2. The van der Waals surface area contributed by atoms with Gasteiger partial charge in [-0.05, 0) is 35.9 Å². The topological polar surface area (TPSA) is 107 Å². The van der Waals surface area contributed by atoms with Crippen molar-refractivity contribution in [3.8, 4) is 0 Å². The van der Waals surface area contributed by atoms with Crippen LogP contribution in [-0.4, -0.2) is 15.9 Å². The van der Waals surface area contributed by atoms with Crippen LogP contribution in [-0.2, 0) is 6.54 Å². The van der Waals surface area contributed by atoms with Crippen molar-refractivity contribution in [3.05, 3.63) is 57.6 Å². The summed E-state index contributed by atoms with van der Waals surface area (Å²) < 4.78 is 0. The Balaban J connectivity index is 1.77. The van der Waals surface area contributed by atoms with Gasteiger partial charge in [-0.15, -0.1) is 0 Å². The second kappa shape index (κ2) is 6.51. The van der Waals surface area contributed by atoms with Gasteiger partial charge in [-0.1, -0.05) is 29.3 Å². The number of carbonyl (C=O) groups excluding carboxylic acids is 1. The van der Waals surface area contributed by atoms with E-state index >= 15 is 0 Å². The van der Waals surface area contributed by atoms with Crippen LogP contribution >= 0.6 is 23.2 Å². The van der Waals surface area contributed by atoms with Gasteiger partial charge in [0.15, 0.2) is 0 Å². The summed E-state index contributed by atoms with van der Waals surface area (Å²) in [7, 11) is 0. The quantitative estimate of drug-likeness (QED) is 0.664. The highest BCUT2D eigenvalue weighted by Gasteiger charge is 2.09. The first-order valence-electron chi connectivity index (χ1n) is 6.99. The summed E-state index contributed by atoms with van der Waals surface area (Å²) >= 11 is 11.8. The molecule has 3 rings (SSSR count). The molecule has 5 N–H and O–H groups in total. The fraction of sp³-hybridized carbons (Fsp3) is 0.0625. The van der Waals surface area contributed by atoms with Crippen LogP contribution in [0.15, 0.2) is 36.4 Å². The van der Waals surface area contributed by atoms with Gasteiger partial charge in [0.1, 0.15) is 5.82 Å². The second-order valence-corrected chi connectivity index (χ2v) is 5.94. The molecule has 0 unspecified atom stereocenters. The van der Waals surface area contributed by atoms with Gasteiger partial charge in [0, 0.05) is 17.5 Å². The molecule has 0 aliphatic heterocycles. The molecule has 0 atom stereocenters. The Morgan fingerprint density at radius 3 is 2.58 bits per heavy atom. The van der Waals surface area contributed by atoms with Gasteiger partial charge < -0.3 is 16.8 Å². The fourth-order valence-electron chi connectivity index (χ4n) is 2.25. The number of amides is 1. The van der Waals surface area contributed by atoms with Crippen molar-refractivity contribution in [2.45, 2.75) is 6.54 Å². The van der Waals surface area contributed by atoms with Gasteiger partial charge in [0.05, 0.1) is 15.6 Å². The Bertz CT molecular complexity index is 945. The zero-order chi connectivity index (χ0) is 17.3. The van der Waals surface area contributed by atoms with E-state index in [0.29, 0.717) is 38.9 Å².